The van der Waals surface area contributed by atoms with E-state index in [2.05, 4.69) is 49.9 Å². The Labute approximate surface area is 131 Å². The Balaban J connectivity index is 1.94. The number of aliphatic imine (C=N–C) groups is 1. The van der Waals surface area contributed by atoms with Gasteiger partial charge in [0.15, 0.2) is 5.96 Å². The van der Waals surface area contributed by atoms with E-state index < -0.39 is 0 Å². The Kier molecular flexibility index (Phi) is 5.91. The maximum Gasteiger partial charge on any atom is 0.193 e. The van der Waals surface area contributed by atoms with E-state index in [1.807, 2.05) is 0 Å². The molecule has 2 rings (SSSR count). The molecule has 21 heavy (non-hydrogen) atoms. The van der Waals surface area contributed by atoms with Crippen molar-refractivity contribution in [3.8, 4) is 0 Å². The summed E-state index contributed by atoms with van der Waals surface area (Å²) in [6, 6.07) is 1.35. The molecule has 1 saturated carbocycles. The van der Waals surface area contributed by atoms with Gasteiger partial charge in [0.25, 0.3) is 0 Å². The molecule has 3 unspecified atom stereocenters. The zero-order valence-corrected chi connectivity index (χ0v) is 14.6. The SMILES string of the molecule is CCNC(=NCC(C)N(C)C1CC1)N1CC(C)CC(C)C1. The Hall–Kier alpha value is -0.770. The van der Waals surface area contributed by atoms with Crippen LogP contribution in [0.3, 0.4) is 0 Å². The standard InChI is InChI=1S/C17H34N4/c1-6-18-17(21-11-13(2)9-14(3)12-21)19-10-15(4)20(5)16-7-8-16/h13-16H,6-12H2,1-5H3,(H,18,19). The minimum Gasteiger partial charge on any atom is -0.357 e. The van der Waals surface area contributed by atoms with Crippen molar-refractivity contribution in [2.45, 2.75) is 59.0 Å². The first-order valence-corrected chi connectivity index (χ1v) is 8.76. The van der Waals surface area contributed by atoms with Crippen LogP contribution in [0.15, 0.2) is 4.99 Å². The average Bonchev–Trinajstić information content (AvgIpc) is 3.25. The van der Waals surface area contributed by atoms with Crippen LogP contribution in [0, 0.1) is 11.8 Å². The van der Waals surface area contributed by atoms with E-state index in [0.717, 1.165) is 50.0 Å². The summed E-state index contributed by atoms with van der Waals surface area (Å²) in [5, 5.41) is 3.49. The minimum absolute atomic E-state index is 0.533. The maximum absolute atomic E-state index is 4.93. The Morgan fingerprint density at radius 3 is 2.43 bits per heavy atom. The zero-order chi connectivity index (χ0) is 15.4. The Morgan fingerprint density at radius 1 is 1.29 bits per heavy atom. The highest BCUT2D eigenvalue weighted by molar-refractivity contribution is 5.80. The molecule has 0 aromatic heterocycles. The number of rotatable bonds is 5. The van der Waals surface area contributed by atoms with Crippen LogP contribution in [-0.4, -0.2) is 61.1 Å². The molecule has 0 bridgehead atoms. The molecule has 1 aliphatic heterocycles. The molecular formula is C17H34N4. The molecule has 2 aliphatic rings. The highest BCUT2D eigenvalue weighted by atomic mass is 15.3. The van der Waals surface area contributed by atoms with Crippen LogP contribution in [0.2, 0.25) is 0 Å². The Morgan fingerprint density at radius 2 is 1.90 bits per heavy atom. The first-order chi connectivity index (χ1) is 10.0. The molecule has 0 amide bonds. The minimum atomic E-state index is 0.533. The lowest BCUT2D eigenvalue weighted by Gasteiger charge is -2.37. The van der Waals surface area contributed by atoms with Crippen molar-refractivity contribution >= 4 is 5.96 Å². The van der Waals surface area contributed by atoms with Crippen molar-refractivity contribution in [2.75, 3.05) is 33.2 Å². The van der Waals surface area contributed by atoms with Gasteiger partial charge in [0.05, 0.1) is 6.54 Å². The van der Waals surface area contributed by atoms with Gasteiger partial charge in [0.1, 0.15) is 0 Å². The number of guanidine groups is 1. The maximum atomic E-state index is 4.93. The second-order valence-electron chi connectivity index (χ2n) is 7.29. The number of hydrogen-bond donors (Lipinski definition) is 1. The quantitative estimate of drug-likeness (QED) is 0.624. The summed E-state index contributed by atoms with van der Waals surface area (Å²) >= 11 is 0. The number of likely N-dealkylation sites (N-methyl/N-ethyl adjacent to an activating group) is 1. The average molecular weight is 294 g/mol. The lowest BCUT2D eigenvalue weighted by molar-refractivity contribution is 0.207. The monoisotopic (exact) mass is 294 g/mol. The molecule has 1 heterocycles. The molecule has 4 heteroatoms. The lowest BCUT2D eigenvalue weighted by Crippen LogP contribution is -2.49. The summed E-state index contributed by atoms with van der Waals surface area (Å²) in [6.45, 7) is 13.3. The van der Waals surface area contributed by atoms with E-state index in [4.69, 9.17) is 4.99 Å². The van der Waals surface area contributed by atoms with Gasteiger partial charge in [0.2, 0.25) is 0 Å². The van der Waals surface area contributed by atoms with Crippen LogP contribution in [0.1, 0.15) is 47.0 Å². The largest absolute Gasteiger partial charge is 0.357 e. The van der Waals surface area contributed by atoms with Gasteiger partial charge in [-0.05, 0) is 52.0 Å². The van der Waals surface area contributed by atoms with Crippen molar-refractivity contribution in [3.05, 3.63) is 0 Å². The zero-order valence-electron chi connectivity index (χ0n) is 14.6. The Bertz CT molecular complexity index is 341. The molecule has 1 N–H and O–H groups in total. The van der Waals surface area contributed by atoms with Gasteiger partial charge in [-0.2, -0.15) is 0 Å². The van der Waals surface area contributed by atoms with Crippen LogP contribution >= 0.6 is 0 Å². The van der Waals surface area contributed by atoms with Crippen LogP contribution in [-0.2, 0) is 0 Å². The molecule has 0 aromatic rings. The topological polar surface area (TPSA) is 30.9 Å². The second kappa shape index (κ2) is 7.48. The number of nitrogens with one attached hydrogen (secondary N) is 1. The van der Waals surface area contributed by atoms with Crippen LogP contribution in [0.5, 0.6) is 0 Å². The highest BCUT2D eigenvalue weighted by Crippen LogP contribution is 2.27. The third kappa shape index (κ3) is 4.87. The van der Waals surface area contributed by atoms with E-state index >= 15 is 0 Å². The predicted octanol–water partition coefficient (Wildman–Crippen LogP) is 2.41. The van der Waals surface area contributed by atoms with Crippen molar-refractivity contribution in [3.63, 3.8) is 0 Å². The summed E-state index contributed by atoms with van der Waals surface area (Å²) < 4.78 is 0. The number of nitrogens with zero attached hydrogens (tertiary/aromatic N) is 3. The summed E-state index contributed by atoms with van der Waals surface area (Å²) in [5.41, 5.74) is 0. The van der Waals surface area contributed by atoms with Gasteiger partial charge in [-0.3, -0.25) is 9.89 Å². The first kappa shape index (κ1) is 16.6. The van der Waals surface area contributed by atoms with Gasteiger partial charge in [-0.25, -0.2) is 0 Å². The smallest absolute Gasteiger partial charge is 0.193 e. The van der Waals surface area contributed by atoms with Gasteiger partial charge in [0, 0.05) is 31.7 Å². The number of hydrogen-bond acceptors (Lipinski definition) is 2. The molecule has 1 aliphatic carbocycles. The summed E-state index contributed by atoms with van der Waals surface area (Å²) in [6.07, 6.45) is 4.08. The summed E-state index contributed by atoms with van der Waals surface area (Å²) in [4.78, 5) is 9.89. The van der Waals surface area contributed by atoms with Gasteiger partial charge < -0.3 is 10.2 Å². The van der Waals surface area contributed by atoms with Gasteiger partial charge in [-0.1, -0.05) is 13.8 Å². The van der Waals surface area contributed by atoms with Crippen molar-refractivity contribution in [2.24, 2.45) is 16.8 Å². The predicted molar refractivity (Wildman–Crippen MR) is 90.7 cm³/mol. The summed E-state index contributed by atoms with van der Waals surface area (Å²) in [7, 11) is 2.25. The molecule has 0 aromatic carbocycles. The van der Waals surface area contributed by atoms with Crippen LogP contribution in [0.4, 0.5) is 0 Å². The number of piperidine rings is 1. The highest BCUT2D eigenvalue weighted by Gasteiger charge is 2.29. The third-order valence-electron chi connectivity index (χ3n) is 4.83. The van der Waals surface area contributed by atoms with Gasteiger partial charge >= 0.3 is 0 Å². The fourth-order valence-corrected chi connectivity index (χ4v) is 3.45. The van der Waals surface area contributed by atoms with Crippen molar-refractivity contribution < 1.29 is 0 Å². The van der Waals surface area contributed by atoms with E-state index in [1.165, 1.54) is 19.3 Å². The van der Waals surface area contributed by atoms with E-state index in [-0.39, 0.29) is 0 Å². The molecule has 1 saturated heterocycles. The van der Waals surface area contributed by atoms with E-state index in [0.29, 0.717) is 6.04 Å². The lowest BCUT2D eigenvalue weighted by atomic mass is 9.92. The molecule has 0 spiro atoms. The van der Waals surface area contributed by atoms with E-state index in [1.54, 1.807) is 0 Å². The number of likely N-dealkylation sites (tertiary alicyclic amines) is 1. The van der Waals surface area contributed by atoms with Crippen LogP contribution < -0.4 is 5.32 Å². The second-order valence-corrected chi connectivity index (χ2v) is 7.29. The van der Waals surface area contributed by atoms with E-state index in [9.17, 15) is 0 Å². The van der Waals surface area contributed by atoms with Gasteiger partial charge in [-0.15, -0.1) is 0 Å². The molecule has 3 atom stereocenters. The van der Waals surface area contributed by atoms with Crippen molar-refractivity contribution in [1.82, 2.24) is 15.1 Å². The molecule has 4 nitrogen and oxygen atoms in total. The molecule has 122 valence electrons. The molecular weight excluding hydrogens is 260 g/mol. The molecule has 2 fully saturated rings. The third-order valence-corrected chi connectivity index (χ3v) is 4.83. The van der Waals surface area contributed by atoms with Crippen molar-refractivity contribution in [1.29, 1.82) is 0 Å². The van der Waals surface area contributed by atoms with Crippen LogP contribution in [0.25, 0.3) is 0 Å². The normalized spacial score (nSPS) is 28.9. The first-order valence-electron chi connectivity index (χ1n) is 8.76. The fourth-order valence-electron chi connectivity index (χ4n) is 3.45. The summed E-state index contributed by atoms with van der Waals surface area (Å²) in [5.74, 6) is 2.65. The molecule has 0 radical (unpaired) electrons. The fraction of sp³-hybridized carbons (Fsp3) is 0.941.